The lowest BCUT2D eigenvalue weighted by molar-refractivity contribution is -0.140. The normalized spacial score (nSPS) is 15.6. The first-order valence-corrected chi connectivity index (χ1v) is 19.4. The molecule has 0 atom stereocenters. The zero-order valence-corrected chi connectivity index (χ0v) is 32.9. The van der Waals surface area contributed by atoms with Crippen LogP contribution in [0.25, 0.3) is 0 Å². The second-order valence-corrected chi connectivity index (χ2v) is 14.7. The molecule has 18 nitrogen and oxygen atoms in total. The maximum atomic E-state index is 13.0. The lowest BCUT2D eigenvalue weighted by Crippen LogP contribution is -2.49. The van der Waals surface area contributed by atoms with E-state index < -0.39 is 17.9 Å². The number of nitrogens with zero attached hydrogens (tertiary/aromatic N) is 9. The van der Waals surface area contributed by atoms with Crippen molar-refractivity contribution < 1.29 is 44.1 Å². The molecule has 3 heterocycles. The van der Waals surface area contributed by atoms with Gasteiger partial charge in [-0.05, 0) is 64.4 Å². The summed E-state index contributed by atoms with van der Waals surface area (Å²) in [5.74, 6) is -2.90. The highest BCUT2D eigenvalue weighted by Gasteiger charge is 2.21. The Labute approximate surface area is 328 Å². The van der Waals surface area contributed by atoms with Crippen molar-refractivity contribution in [2.45, 2.75) is 64.3 Å². The van der Waals surface area contributed by atoms with E-state index in [0.29, 0.717) is 110 Å². The van der Waals surface area contributed by atoms with Crippen LogP contribution in [0.2, 0.25) is 0 Å². The highest BCUT2D eigenvalue weighted by atomic mass is 16.4. The SMILES string of the molecule is CN(C)CCCC(=O)c1ccc(CC(=O)CCCc2cn(CCCCC(=O)CN3CCN(CC(=O)O)CCN(CC(=O)O)CCN(CC(=O)O)CC3)nn2)cn1. The Morgan fingerprint density at radius 1 is 0.661 bits per heavy atom. The lowest BCUT2D eigenvalue weighted by Gasteiger charge is -2.32. The molecule has 2 aromatic heterocycles. The highest BCUT2D eigenvalue weighted by molar-refractivity contribution is 5.94. The third kappa shape index (κ3) is 19.4. The molecule has 0 unspecified atom stereocenters. The molecule has 56 heavy (non-hydrogen) atoms. The molecule has 1 aliphatic heterocycles. The van der Waals surface area contributed by atoms with Gasteiger partial charge in [0.15, 0.2) is 5.78 Å². The number of unbranched alkanes of at least 4 members (excludes halogenated alkanes) is 1. The molecule has 3 N–H and O–H groups in total. The molecular weight excluding hydrogens is 726 g/mol. The molecule has 310 valence electrons. The Hall–Kier alpha value is -4.49. The largest absolute Gasteiger partial charge is 0.480 e. The predicted molar refractivity (Wildman–Crippen MR) is 206 cm³/mol. The fourth-order valence-corrected chi connectivity index (χ4v) is 6.43. The predicted octanol–water partition coefficient (Wildman–Crippen LogP) is 0.547. The van der Waals surface area contributed by atoms with Crippen LogP contribution >= 0.6 is 0 Å². The van der Waals surface area contributed by atoms with Gasteiger partial charge >= 0.3 is 17.9 Å². The Bertz CT molecular complexity index is 1540. The zero-order valence-electron chi connectivity index (χ0n) is 32.9. The third-order valence-electron chi connectivity index (χ3n) is 9.49. The molecule has 0 aliphatic carbocycles. The number of carboxylic acids is 3. The maximum absolute atomic E-state index is 13.0. The van der Waals surface area contributed by atoms with Crippen molar-refractivity contribution in [3.8, 4) is 0 Å². The molecule has 0 spiro atoms. The molecule has 0 bridgehead atoms. The molecule has 0 amide bonds. The van der Waals surface area contributed by atoms with E-state index in [0.717, 1.165) is 24.2 Å². The van der Waals surface area contributed by atoms with Gasteiger partial charge in [0.2, 0.25) is 0 Å². The maximum Gasteiger partial charge on any atom is 0.317 e. The smallest absolute Gasteiger partial charge is 0.317 e. The fraction of sp³-hybridized carbons (Fsp3) is 0.658. The number of ketones is 3. The van der Waals surface area contributed by atoms with E-state index in [-0.39, 0.29) is 49.9 Å². The van der Waals surface area contributed by atoms with Gasteiger partial charge in [-0.1, -0.05) is 11.3 Å². The summed E-state index contributed by atoms with van der Waals surface area (Å²) < 4.78 is 1.73. The average molecular weight is 786 g/mol. The quantitative estimate of drug-likeness (QED) is 0.0976. The van der Waals surface area contributed by atoms with E-state index in [1.807, 2.05) is 30.1 Å². The standard InChI is InChI=1S/C38H59N9O9/c1-42(2)13-6-10-35(50)34-12-11-30(24-39-34)23-32(48)9-5-7-31-25-47(41-40-31)14-4-3-8-33(49)26-43-15-17-44(27-36(51)52)19-21-46(29-38(55)56)22-20-45(18-16-43)28-37(53)54/h11-12,24-25H,3-10,13-23,26-29H2,1-2H3,(H,51,52)(H,53,54)(H,55,56). The minimum atomic E-state index is -1.02. The monoisotopic (exact) mass is 785 g/mol. The van der Waals surface area contributed by atoms with Crippen molar-refractivity contribution >= 4 is 35.3 Å². The average Bonchev–Trinajstić information content (AvgIpc) is 3.58. The number of aliphatic carboxylic acids is 3. The van der Waals surface area contributed by atoms with Crippen LogP contribution in [0.15, 0.2) is 24.5 Å². The molecule has 3 rings (SSSR count). The Morgan fingerprint density at radius 2 is 1.20 bits per heavy atom. The van der Waals surface area contributed by atoms with E-state index in [1.165, 1.54) is 0 Å². The van der Waals surface area contributed by atoms with E-state index in [4.69, 9.17) is 0 Å². The van der Waals surface area contributed by atoms with Gasteiger partial charge in [0.25, 0.3) is 0 Å². The summed E-state index contributed by atoms with van der Waals surface area (Å²) in [5.41, 5.74) is 1.98. The van der Waals surface area contributed by atoms with Gasteiger partial charge in [-0.25, -0.2) is 0 Å². The molecule has 2 aromatic rings. The summed E-state index contributed by atoms with van der Waals surface area (Å²) in [6.07, 6.45) is 8.21. The van der Waals surface area contributed by atoms with E-state index in [9.17, 15) is 44.1 Å². The van der Waals surface area contributed by atoms with Gasteiger partial charge in [0.05, 0.1) is 31.9 Å². The molecule has 0 radical (unpaired) electrons. The van der Waals surface area contributed by atoms with Gasteiger partial charge in [0, 0.05) is 97.0 Å². The van der Waals surface area contributed by atoms with E-state index >= 15 is 0 Å². The van der Waals surface area contributed by atoms with Crippen LogP contribution in [0, 0.1) is 0 Å². The second kappa shape index (κ2) is 24.9. The van der Waals surface area contributed by atoms with Gasteiger partial charge in [-0.15, -0.1) is 5.10 Å². The molecule has 1 fully saturated rings. The zero-order chi connectivity index (χ0) is 40.9. The topological polar surface area (TPSA) is 223 Å². The molecule has 18 heteroatoms. The number of pyridine rings is 1. The van der Waals surface area contributed by atoms with Crippen LogP contribution in [0.1, 0.15) is 66.7 Å². The highest BCUT2D eigenvalue weighted by Crippen LogP contribution is 2.10. The molecule has 0 aromatic carbocycles. The lowest BCUT2D eigenvalue weighted by atomic mass is 10.0. The van der Waals surface area contributed by atoms with E-state index in [1.54, 1.807) is 37.7 Å². The summed E-state index contributed by atoms with van der Waals surface area (Å²) in [7, 11) is 3.93. The molecular formula is C38H59N9O9. The summed E-state index contributed by atoms with van der Waals surface area (Å²) in [4.78, 5) is 85.8. The molecule has 1 saturated heterocycles. The van der Waals surface area contributed by atoms with Crippen molar-refractivity contribution in [2.75, 3.05) is 99.2 Å². The number of carboxylic acid groups (broad SMARTS) is 3. The number of aromatic nitrogens is 4. The van der Waals surface area contributed by atoms with Crippen LogP contribution in [-0.4, -0.2) is 194 Å². The van der Waals surface area contributed by atoms with Gasteiger partial charge in [-0.2, -0.15) is 0 Å². The van der Waals surface area contributed by atoms with Gasteiger partial charge in [0.1, 0.15) is 17.3 Å². The summed E-state index contributed by atoms with van der Waals surface area (Å²) in [6.45, 7) is 3.66. The van der Waals surface area contributed by atoms with Crippen molar-refractivity contribution in [2.24, 2.45) is 0 Å². The van der Waals surface area contributed by atoms with E-state index in [2.05, 4.69) is 15.3 Å². The van der Waals surface area contributed by atoms with Crippen molar-refractivity contribution in [1.29, 1.82) is 0 Å². The number of carbonyl (C=O) groups excluding carboxylic acids is 3. The van der Waals surface area contributed by atoms with Crippen LogP contribution in [0.4, 0.5) is 0 Å². The summed E-state index contributed by atoms with van der Waals surface area (Å²) in [5, 5.41) is 36.6. The van der Waals surface area contributed by atoms with Crippen LogP contribution in [0.3, 0.4) is 0 Å². The second-order valence-electron chi connectivity index (χ2n) is 14.7. The summed E-state index contributed by atoms with van der Waals surface area (Å²) in [6, 6.07) is 3.48. The number of carbonyl (C=O) groups is 6. The van der Waals surface area contributed by atoms with Crippen molar-refractivity contribution in [1.82, 2.24) is 44.5 Å². The first kappa shape index (κ1) is 45.9. The first-order chi connectivity index (χ1) is 26.7. The van der Waals surface area contributed by atoms with Crippen LogP contribution in [0.5, 0.6) is 0 Å². The summed E-state index contributed by atoms with van der Waals surface area (Å²) >= 11 is 0. The minimum Gasteiger partial charge on any atom is -0.480 e. The third-order valence-corrected chi connectivity index (χ3v) is 9.49. The number of hydrogen-bond acceptors (Lipinski definition) is 14. The Balaban J connectivity index is 1.39. The van der Waals surface area contributed by atoms with Crippen molar-refractivity contribution in [3.63, 3.8) is 0 Å². The Morgan fingerprint density at radius 3 is 1.70 bits per heavy atom. The van der Waals surface area contributed by atoms with Gasteiger partial charge in [-0.3, -0.25) is 58.0 Å². The number of hydrogen-bond donors (Lipinski definition) is 3. The number of Topliss-reactive ketones (excluding diaryl/α,β-unsaturated/α-hetero) is 3. The van der Waals surface area contributed by atoms with Crippen molar-refractivity contribution in [3.05, 3.63) is 41.5 Å². The molecule has 1 aliphatic rings. The molecule has 0 saturated carbocycles. The first-order valence-electron chi connectivity index (χ1n) is 19.4. The number of rotatable bonds is 24. The fourth-order valence-electron chi connectivity index (χ4n) is 6.43. The van der Waals surface area contributed by atoms with Gasteiger partial charge < -0.3 is 20.2 Å². The van der Waals surface area contributed by atoms with Crippen LogP contribution < -0.4 is 0 Å². The Kier molecular flexibility index (Phi) is 20.4. The number of aryl methyl sites for hydroxylation is 2. The van der Waals surface area contributed by atoms with Crippen LogP contribution in [-0.2, 0) is 43.4 Å². The minimum absolute atomic E-state index is 0.000610.